The van der Waals surface area contributed by atoms with Crippen LogP contribution in [0, 0.1) is 0 Å². The van der Waals surface area contributed by atoms with Crippen LogP contribution in [0.25, 0.3) is 88.0 Å². The molecule has 0 atom stereocenters. The van der Waals surface area contributed by atoms with Gasteiger partial charge in [-0.1, -0.05) is 182 Å². The van der Waals surface area contributed by atoms with Gasteiger partial charge in [0.2, 0.25) is 0 Å². The Hall–Kier alpha value is -7.68. The average Bonchev–Trinajstić information content (AvgIpc) is 3.70. The minimum Gasteiger partial charge on any atom is -0.455 e. The minimum absolute atomic E-state index is 0.864. The van der Waals surface area contributed by atoms with E-state index in [1.165, 1.54) is 38.2 Å². The number of benzene rings is 10. The van der Waals surface area contributed by atoms with Crippen molar-refractivity contribution < 1.29 is 4.42 Å². The average molecular weight is 740 g/mol. The summed E-state index contributed by atoms with van der Waals surface area (Å²) in [5, 5.41) is 7.14. The van der Waals surface area contributed by atoms with Crippen molar-refractivity contribution in [2.24, 2.45) is 0 Å². The van der Waals surface area contributed by atoms with Crippen molar-refractivity contribution >= 4 is 60.5 Å². The molecule has 1 aromatic heterocycles. The Morgan fingerprint density at radius 3 is 1.71 bits per heavy atom. The molecular weight excluding hydrogens is 703 g/mol. The van der Waals surface area contributed by atoms with Crippen molar-refractivity contribution in [3.8, 4) is 44.5 Å². The van der Waals surface area contributed by atoms with E-state index in [9.17, 15) is 0 Å². The zero-order chi connectivity index (χ0) is 38.4. The maximum atomic E-state index is 6.83. The van der Waals surface area contributed by atoms with E-state index in [2.05, 4.69) is 229 Å². The Balaban J connectivity index is 1.17. The van der Waals surface area contributed by atoms with Crippen LogP contribution < -0.4 is 4.90 Å². The van der Waals surface area contributed by atoms with Gasteiger partial charge in [-0.15, -0.1) is 0 Å². The highest BCUT2D eigenvalue weighted by atomic mass is 16.3. The fraction of sp³-hybridized carbons (Fsp3) is 0. The van der Waals surface area contributed by atoms with E-state index in [1.807, 2.05) is 0 Å². The molecule has 0 unspecified atom stereocenters. The molecule has 0 radical (unpaired) electrons. The van der Waals surface area contributed by atoms with E-state index in [-0.39, 0.29) is 0 Å². The molecule has 2 nitrogen and oxygen atoms in total. The molecule has 0 aliphatic heterocycles. The van der Waals surface area contributed by atoms with Crippen LogP contribution in [0.15, 0.2) is 229 Å². The standard InChI is InChI=1S/C56H37NO/c1-3-16-38(17-4-1)39-30-32-41(33-31-39)46-24-11-13-28-52(46)57(53-35-34-47(40-18-5-2-6-19-40)56-55(53)50-27-12-14-29-54(50)58-56)44-22-15-21-42(36-44)51-37-43-20-7-8-23-45(43)48-25-9-10-26-49(48)51/h1-37H. The maximum absolute atomic E-state index is 6.83. The zero-order valence-electron chi connectivity index (χ0n) is 31.7. The molecule has 0 spiro atoms. The number of anilines is 3. The first kappa shape index (κ1) is 33.6. The molecule has 0 aliphatic carbocycles. The van der Waals surface area contributed by atoms with Gasteiger partial charge < -0.3 is 9.32 Å². The lowest BCUT2D eigenvalue weighted by atomic mass is 9.92. The number of nitrogens with zero attached hydrogens (tertiary/aromatic N) is 1. The summed E-state index contributed by atoms with van der Waals surface area (Å²) in [5.41, 5.74) is 14.1. The molecule has 1 heterocycles. The molecule has 0 saturated heterocycles. The number of furan rings is 1. The molecule has 0 amide bonds. The van der Waals surface area contributed by atoms with E-state index in [0.717, 1.165) is 66.8 Å². The van der Waals surface area contributed by atoms with Gasteiger partial charge in [-0.25, -0.2) is 0 Å². The van der Waals surface area contributed by atoms with Gasteiger partial charge >= 0.3 is 0 Å². The van der Waals surface area contributed by atoms with Crippen molar-refractivity contribution in [2.45, 2.75) is 0 Å². The van der Waals surface area contributed by atoms with Crippen molar-refractivity contribution in [2.75, 3.05) is 4.90 Å². The molecule has 10 aromatic carbocycles. The molecule has 0 bridgehead atoms. The largest absolute Gasteiger partial charge is 0.455 e. The highest BCUT2D eigenvalue weighted by Crippen LogP contribution is 2.49. The van der Waals surface area contributed by atoms with E-state index >= 15 is 0 Å². The number of hydrogen-bond acceptors (Lipinski definition) is 2. The second-order valence-electron chi connectivity index (χ2n) is 14.8. The van der Waals surface area contributed by atoms with Crippen LogP contribution in [0.3, 0.4) is 0 Å². The van der Waals surface area contributed by atoms with Gasteiger partial charge in [-0.2, -0.15) is 0 Å². The summed E-state index contributed by atoms with van der Waals surface area (Å²) in [4.78, 5) is 2.44. The number of fused-ring (bicyclic) bond motifs is 6. The van der Waals surface area contributed by atoms with E-state index in [1.54, 1.807) is 0 Å². The predicted octanol–water partition coefficient (Wildman–Crippen LogP) is 16.0. The van der Waals surface area contributed by atoms with Gasteiger partial charge in [0.1, 0.15) is 11.2 Å². The van der Waals surface area contributed by atoms with Crippen LogP contribution >= 0.6 is 0 Å². The Bertz CT molecular complexity index is 3270. The second kappa shape index (κ2) is 14.1. The summed E-state index contributed by atoms with van der Waals surface area (Å²) >= 11 is 0. The van der Waals surface area contributed by atoms with Crippen LogP contribution in [-0.4, -0.2) is 0 Å². The molecular formula is C56H37NO. The summed E-state index contributed by atoms with van der Waals surface area (Å²) < 4.78 is 6.83. The molecule has 2 heteroatoms. The maximum Gasteiger partial charge on any atom is 0.145 e. The van der Waals surface area contributed by atoms with Gasteiger partial charge in [0.15, 0.2) is 0 Å². The molecule has 0 aliphatic rings. The summed E-state index contributed by atoms with van der Waals surface area (Å²) in [5.74, 6) is 0. The topological polar surface area (TPSA) is 16.4 Å². The molecule has 0 fully saturated rings. The molecule has 0 N–H and O–H groups in total. The van der Waals surface area contributed by atoms with Gasteiger partial charge in [0, 0.05) is 22.2 Å². The number of hydrogen-bond donors (Lipinski definition) is 0. The van der Waals surface area contributed by atoms with Gasteiger partial charge in [-0.05, 0) is 97.4 Å². The van der Waals surface area contributed by atoms with Gasteiger partial charge in [0.25, 0.3) is 0 Å². The fourth-order valence-electron chi connectivity index (χ4n) is 8.74. The van der Waals surface area contributed by atoms with Crippen LogP contribution in [0.1, 0.15) is 0 Å². The lowest BCUT2D eigenvalue weighted by molar-refractivity contribution is 0.670. The van der Waals surface area contributed by atoms with Gasteiger partial charge in [0.05, 0.1) is 16.8 Å². The first-order chi connectivity index (χ1) is 28.8. The van der Waals surface area contributed by atoms with E-state index in [0.29, 0.717) is 0 Å². The molecule has 0 saturated carbocycles. The molecule has 58 heavy (non-hydrogen) atoms. The van der Waals surface area contributed by atoms with Crippen molar-refractivity contribution in [3.63, 3.8) is 0 Å². The molecule has 11 rings (SSSR count). The Morgan fingerprint density at radius 2 is 0.897 bits per heavy atom. The molecule has 272 valence electrons. The highest BCUT2D eigenvalue weighted by Gasteiger charge is 2.24. The summed E-state index contributed by atoms with van der Waals surface area (Å²) in [6.45, 7) is 0. The molecule has 11 aromatic rings. The quantitative estimate of drug-likeness (QED) is 0.151. The summed E-state index contributed by atoms with van der Waals surface area (Å²) in [6.07, 6.45) is 0. The van der Waals surface area contributed by atoms with Crippen LogP contribution in [-0.2, 0) is 0 Å². The first-order valence-corrected chi connectivity index (χ1v) is 19.8. The first-order valence-electron chi connectivity index (χ1n) is 19.8. The van der Waals surface area contributed by atoms with Crippen LogP contribution in [0.5, 0.6) is 0 Å². The SMILES string of the molecule is c1ccc(-c2ccc(-c3ccccc3N(c3cccc(-c4cc5ccccc5c5ccccc45)c3)c3ccc(-c4ccccc4)c4oc5ccccc5c34)cc2)cc1. The smallest absolute Gasteiger partial charge is 0.145 e. The van der Waals surface area contributed by atoms with Gasteiger partial charge in [-0.3, -0.25) is 0 Å². The Kier molecular flexibility index (Phi) is 8.19. The van der Waals surface area contributed by atoms with E-state index in [4.69, 9.17) is 4.42 Å². The summed E-state index contributed by atoms with van der Waals surface area (Å²) in [7, 11) is 0. The third-order valence-electron chi connectivity index (χ3n) is 11.5. The lowest BCUT2D eigenvalue weighted by Crippen LogP contribution is -2.12. The normalized spacial score (nSPS) is 11.4. The van der Waals surface area contributed by atoms with Crippen molar-refractivity contribution in [1.82, 2.24) is 0 Å². The Labute approximate surface area is 337 Å². The van der Waals surface area contributed by atoms with Crippen LogP contribution in [0.2, 0.25) is 0 Å². The highest BCUT2D eigenvalue weighted by molar-refractivity contribution is 6.18. The Morgan fingerprint density at radius 1 is 0.310 bits per heavy atom. The monoisotopic (exact) mass is 739 g/mol. The van der Waals surface area contributed by atoms with Crippen molar-refractivity contribution in [1.29, 1.82) is 0 Å². The summed E-state index contributed by atoms with van der Waals surface area (Å²) in [6, 6.07) is 80.6. The fourth-order valence-corrected chi connectivity index (χ4v) is 8.74. The van der Waals surface area contributed by atoms with Crippen LogP contribution in [0.4, 0.5) is 17.1 Å². The lowest BCUT2D eigenvalue weighted by Gasteiger charge is -2.29. The zero-order valence-corrected chi connectivity index (χ0v) is 31.7. The van der Waals surface area contributed by atoms with E-state index < -0.39 is 0 Å². The third kappa shape index (κ3) is 5.74. The van der Waals surface area contributed by atoms with Crippen molar-refractivity contribution in [3.05, 3.63) is 224 Å². The second-order valence-corrected chi connectivity index (χ2v) is 14.8. The number of para-hydroxylation sites is 2. The number of rotatable bonds is 7. The minimum atomic E-state index is 0.864. The third-order valence-corrected chi connectivity index (χ3v) is 11.5. The predicted molar refractivity (Wildman–Crippen MR) is 245 cm³/mol.